The molecule has 10 heteroatoms. The molecule has 0 radical (unpaired) electrons. The molecule has 1 aromatic carbocycles. The van der Waals surface area contributed by atoms with Crippen molar-refractivity contribution in [2.24, 2.45) is 5.92 Å². The van der Waals surface area contributed by atoms with Gasteiger partial charge < -0.3 is 9.72 Å². The predicted molar refractivity (Wildman–Crippen MR) is 96.8 cm³/mol. The Morgan fingerprint density at radius 2 is 1.88 bits per heavy atom. The van der Waals surface area contributed by atoms with Crippen molar-refractivity contribution in [3.8, 4) is 0 Å². The van der Waals surface area contributed by atoms with E-state index in [2.05, 4.69) is 4.98 Å². The van der Waals surface area contributed by atoms with Crippen molar-refractivity contribution < 1.29 is 19.1 Å². The minimum absolute atomic E-state index is 0.342. The third-order valence-corrected chi connectivity index (χ3v) is 7.02. The van der Waals surface area contributed by atoms with E-state index in [-0.39, 0.29) is 4.87 Å². The number of hydrogen-bond donors (Lipinski definition) is 1. The Kier molecular flexibility index (Phi) is 4.17. The van der Waals surface area contributed by atoms with Gasteiger partial charge in [0.2, 0.25) is 11.8 Å². The summed E-state index contributed by atoms with van der Waals surface area (Å²) >= 11 is 7.83. The molecule has 2 amide bonds. The number of aromatic nitrogens is 1. The fraction of sp³-hybridized carbons (Fsp3) is 0.250. The lowest BCUT2D eigenvalue weighted by atomic mass is 9.89. The van der Waals surface area contributed by atoms with Crippen LogP contribution in [0.15, 0.2) is 34.1 Å². The number of halogens is 1. The van der Waals surface area contributed by atoms with E-state index in [1.807, 2.05) is 0 Å². The molecule has 4 rings (SSSR count). The molecule has 3 heterocycles. The van der Waals surface area contributed by atoms with Crippen LogP contribution in [0.5, 0.6) is 0 Å². The first-order valence-corrected chi connectivity index (χ1v) is 9.60. The number of benzene rings is 1. The van der Waals surface area contributed by atoms with E-state index in [4.69, 9.17) is 16.3 Å². The molecular weight excluding hydrogens is 400 g/mol. The lowest BCUT2D eigenvalue weighted by Gasteiger charge is -2.27. The molecule has 3 atom stereocenters. The highest BCUT2D eigenvalue weighted by Crippen LogP contribution is 2.51. The van der Waals surface area contributed by atoms with Crippen LogP contribution in [0.1, 0.15) is 10.8 Å². The maximum absolute atomic E-state index is 13.1. The van der Waals surface area contributed by atoms with Gasteiger partial charge in [-0.2, -0.15) is 0 Å². The van der Waals surface area contributed by atoms with Crippen LogP contribution >= 0.6 is 34.7 Å². The summed E-state index contributed by atoms with van der Waals surface area (Å²) in [7, 11) is 1.21. The zero-order valence-corrected chi connectivity index (χ0v) is 15.6. The number of esters is 1. The van der Waals surface area contributed by atoms with Crippen LogP contribution in [-0.2, 0) is 19.1 Å². The maximum atomic E-state index is 13.1. The first kappa shape index (κ1) is 17.3. The number of carbonyl (C=O) groups is 3. The fourth-order valence-corrected chi connectivity index (χ4v) is 5.84. The molecule has 1 aromatic heterocycles. The number of amides is 2. The Labute approximate surface area is 160 Å². The number of aromatic amines is 1. The van der Waals surface area contributed by atoms with Crippen molar-refractivity contribution in [1.29, 1.82) is 0 Å². The second-order valence-corrected chi connectivity index (χ2v) is 8.36. The average Bonchev–Trinajstić information content (AvgIpc) is 3.11. The molecule has 26 heavy (non-hydrogen) atoms. The Hall–Kier alpha value is -2.10. The number of carbonyl (C=O) groups excluding carboxylic acids is 3. The first-order valence-electron chi connectivity index (χ1n) is 7.53. The van der Waals surface area contributed by atoms with E-state index in [1.54, 1.807) is 24.3 Å². The molecule has 7 nitrogen and oxygen atoms in total. The number of nitrogens with zero attached hydrogens (tertiary/aromatic N) is 1. The molecule has 2 aromatic rings. The first-order chi connectivity index (χ1) is 12.4. The number of fused-ring (bicyclic) bond motifs is 2. The number of hydrogen-bond acceptors (Lipinski definition) is 7. The van der Waals surface area contributed by atoms with Crippen LogP contribution in [0.25, 0.3) is 0 Å². The number of thioether (sulfide) groups is 1. The number of methoxy groups -OCH3 is 1. The van der Waals surface area contributed by atoms with Gasteiger partial charge in [0.1, 0.15) is 11.2 Å². The molecule has 134 valence electrons. The molecule has 0 bridgehead atoms. The molecule has 0 aliphatic carbocycles. The largest absolute Gasteiger partial charge is 0.469 e. The van der Waals surface area contributed by atoms with Crippen molar-refractivity contribution in [2.75, 3.05) is 12.0 Å². The van der Waals surface area contributed by atoms with Gasteiger partial charge in [-0.15, -0.1) is 0 Å². The van der Waals surface area contributed by atoms with Crippen LogP contribution < -0.4 is 9.77 Å². The van der Waals surface area contributed by atoms with Gasteiger partial charge in [0.25, 0.3) is 0 Å². The minimum atomic E-state index is -0.987. The van der Waals surface area contributed by atoms with Gasteiger partial charge in [0.05, 0.1) is 28.6 Å². The third kappa shape index (κ3) is 2.50. The number of anilines is 1. The standard InChI is InChI=1S/C16H11ClN2O5S2/c1-24-15(22)9-8-11(25-12-10(9)26-16(23)18-12)14(21)19(13(8)20)7-4-2-6(17)3-5-7/h2-5,8-9,11H,1H3,(H,18,23)/t8-,9+,11+/m1/s1. The van der Waals surface area contributed by atoms with Gasteiger partial charge in [-0.25, -0.2) is 4.90 Å². The maximum Gasteiger partial charge on any atom is 0.314 e. The average molecular weight is 411 g/mol. The van der Waals surface area contributed by atoms with Crippen LogP contribution in [0.3, 0.4) is 0 Å². The fourth-order valence-electron chi connectivity index (χ4n) is 3.24. The lowest BCUT2D eigenvalue weighted by molar-refractivity contribution is -0.145. The van der Waals surface area contributed by atoms with E-state index in [9.17, 15) is 19.2 Å². The van der Waals surface area contributed by atoms with Crippen molar-refractivity contribution in [3.63, 3.8) is 0 Å². The van der Waals surface area contributed by atoms with Crippen LogP contribution in [0.4, 0.5) is 5.69 Å². The Morgan fingerprint density at radius 3 is 2.54 bits per heavy atom. The number of nitrogens with one attached hydrogen (secondary N) is 1. The zero-order valence-electron chi connectivity index (χ0n) is 13.2. The third-order valence-electron chi connectivity index (χ3n) is 4.36. The number of ether oxygens (including phenoxy) is 1. The number of rotatable bonds is 2. The molecular formula is C16H11ClN2O5S2. The van der Waals surface area contributed by atoms with Gasteiger partial charge in [-0.05, 0) is 24.3 Å². The lowest BCUT2D eigenvalue weighted by Crippen LogP contribution is -2.35. The minimum Gasteiger partial charge on any atom is -0.469 e. The molecule has 0 spiro atoms. The predicted octanol–water partition coefficient (Wildman–Crippen LogP) is 2.01. The summed E-state index contributed by atoms with van der Waals surface area (Å²) in [6.07, 6.45) is 0. The van der Waals surface area contributed by atoms with E-state index < -0.39 is 34.9 Å². The Balaban J connectivity index is 1.81. The van der Waals surface area contributed by atoms with Gasteiger partial charge in [-0.3, -0.25) is 19.2 Å². The number of H-pyrrole nitrogens is 1. The van der Waals surface area contributed by atoms with Crippen LogP contribution in [-0.4, -0.2) is 35.1 Å². The molecule has 2 aliphatic heterocycles. The molecule has 1 N–H and O–H groups in total. The quantitative estimate of drug-likeness (QED) is 0.601. The van der Waals surface area contributed by atoms with Crippen LogP contribution in [0, 0.1) is 5.92 Å². The summed E-state index contributed by atoms with van der Waals surface area (Å²) in [6.45, 7) is 0. The summed E-state index contributed by atoms with van der Waals surface area (Å²) in [5, 5.41) is 0.114. The Bertz CT molecular complexity index is 983. The van der Waals surface area contributed by atoms with E-state index in [0.29, 0.717) is 20.6 Å². The van der Waals surface area contributed by atoms with Crippen LogP contribution in [0.2, 0.25) is 5.02 Å². The topological polar surface area (TPSA) is 96.5 Å². The van der Waals surface area contributed by atoms with Crippen molar-refractivity contribution in [1.82, 2.24) is 4.98 Å². The highest BCUT2D eigenvalue weighted by Gasteiger charge is 2.58. The summed E-state index contributed by atoms with van der Waals surface area (Å²) in [6, 6.07) is 6.31. The van der Waals surface area contributed by atoms with E-state index in [1.165, 1.54) is 7.11 Å². The molecule has 1 fully saturated rings. The summed E-state index contributed by atoms with van der Waals surface area (Å²) < 4.78 is 4.85. The highest BCUT2D eigenvalue weighted by atomic mass is 35.5. The van der Waals surface area contributed by atoms with Crippen molar-refractivity contribution in [3.05, 3.63) is 43.8 Å². The van der Waals surface area contributed by atoms with Gasteiger partial charge in [0.15, 0.2) is 0 Å². The zero-order chi connectivity index (χ0) is 18.6. The smallest absolute Gasteiger partial charge is 0.314 e. The molecule has 2 aliphatic rings. The van der Waals surface area contributed by atoms with Crippen molar-refractivity contribution >= 4 is 58.2 Å². The molecule has 1 saturated heterocycles. The van der Waals surface area contributed by atoms with E-state index in [0.717, 1.165) is 28.0 Å². The normalized spacial score (nSPS) is 24.4. The van der Waals surface area contributed by atoms with E-state index >= 15 is 0 Å². The van der Waals surface area contributed by atoms with Crippen molar-refractivity contribution in [2.45, 2.75) is 16.2 Å². The second kappa shape index (κ2) is 6.26. The number of thiazole rings is 1. The molecule has 0 unspecified atom stereocenters. The van der Waals surface area contributed by atoms with Gasteiger partial charge >= 0.3 is 10.8 Å². The van der Waals surface area contributed by atoms with Gasteiger partial charge in [-0.1, -0.05) is 34.7 Å². The summed E-state index contributed by atoms with van der Waals surface area (Å²) in [5.74, 6) is -3.47. The monoisotopic (exact) mass is 410 g/mol. The highest BCUT2D eigenvalue weighted by molar-refractivity contribution is 8.00. The summed E-state index contributed by atoms with van der Waals surface area (Å²) in [4.78, 5) is 53.9. The van der Waals surface area contributed by atoms with Gasteiger partial charge in [0, 0.05) is 5.02 Å². The number of imide groups is 1. The second-order valence-electron chi connectivity index (χ2n) is 5.76. The molecule has 0 saturated carbocycles. The SMILES string of the molecule is COC(=O)[C@@H]1c2sc(=O)[nH]c2S[C@@H]2C(=O)N(c3ccc(Cl)cc3)C(=O)[C@@H]21. The summed E-state index contributed by atoms with van der Waals surface area (Å²) in [5.41, 5.74) is 0.389. The Morgan fingerprint density at radius 1 is 1.19 bits per heavy atom.